The van der Waals surface area contributed by atoms with Crippen LogP contribution >= 0.6 is 23.2 Å². The molecule has 4 rings (SSSR count). The third-order valence-corrected chi connectivity index (χ3v) is 6.95. The number of rotatable bonds is 9. The molecule has 1 aliphatic heterocycles. The Kier molecular flexibility index (Phi) is 9.40. The molecule has 0 bridgehead atoms. The largest absolute Gasteiger partial charge is 0.453 e. The molecule has 4 atom stereocenters. The zero-order valence-electron chi connectivity index (χ0n) is 21.0. The number of aromatic nitrogens is 2. The molecule has 38 heavy (non-hydrogen) atoms. The summed E-state index contributed by atoms with van der Waals surface area (Å²) in [6.07, 6.45) is 0.129. The highest BCUT2D eigenvalue weighted by Gasteiger charge is 2.33. The van der Waals surface area contributed by atoms with Gasteiger partial charge in [-0.3, -0.25) is 9.59 Å². The standard InChI is InChI=1S/C27H29Cl2N3O6/c1-16(36-17(2)34)26(35)30-12-18-3-9-21(10-4-18)27-37-22(13-32-15-31-24(28)25(32)29)11-23(38-27)20-7-5-19(14-33)6-8-20/h3-10,15-16,22-23,27,33H,11-14H2,1-2H3,(H,30,35)/t16-,22-,23+,27+/m0/s1. The first kappa shape index (κ1) is 28.1. The number of carbonyl (C=O) groups is 2. The molecule has 1 aromatic heterocycles. The van der Waals surface area contributed by atoms with Crippen molar-refractivity contribution >= 4 is 35.1 Å². The summed E-state index contributed by atoms with van der Waals surface area (Å²) in [4.78, 5) is 27.2. The van der Waals surface area contributed by atoms with Crippen molar-refractivity contribution in [2.24, 2.45) is 0 Å². The second-order valence-corrected chi connectivity index (χ2v) is 9.76. The van der Waals surface area contributed by atoms with Gasteiger partial charge in [0, 0.05) is 25.5 Å². The van der Waals surface area contributed by atoms with Gasteiger partial charge in [0.15, 0.2) is 17.5 Å². The maximum Gasteiger partial charge on any atom is 0.303 e. The lowest BCUT2D eigenvalue weighted by Crippen LogP contribution is -2.35. The average Bonchev–Trinajstić information content (AvgIpc) is 3.23. The van der Waals surface area contributed by atoms with E-state index in [0.29, 0.717) is 18.1 Å². The molecule has 1 saturated heterocycles. The number of hydrogen-bond donors (Lipinski definition) is 2. The van der Waals surface area contributed by atoms with Crippen molar-refractivity contribution in [3.63, 3.8) is 0 Å². The van der Waals surface area contributed by atoms with E-state index in [0.717, 1.165) is 22.3 Å². The van der Waals surface area contributed by atoms with Crippen LogP contribution < -0.4 is 5.32 Å². The third kappa shape index (κ3) is 7.12. The van der Waals surface area contributed by atoms with Crippen LogP contribution in [0, 0.1) is 0 Å². The highest BCUT2D eigenvalue weighted by Crippen LogP contribution is 2.39. The summed E-state index contributed by atoms with van der Waals surface area (Å²) in [5.41, 5.74) is 3.46. The van der Waals surface area contributed by atoms with Gasteiger partial charge in [-0.15, -0.1) is 0 Å². The second kappa shape index (κ2) is 12.7. The van der Waals surface area contributed by atoms with E-state index in [4.69, 9.17) is 37.4 Å². The molecule has 1 fully saturated rings. The maximum atomic E-state index is 12.1. The first-order valence-electron chi connectivity index (χ1n) is 12.1. The van der Waals surface area contributed by atoms with E-state index in [1.54, 1.807) is 10.9 Å². The van der Waals surface area contributed by atoms with E-state index < -0.39 is 18.4 Å². The van der Waals surface area contributed by atoms with Crippen LogP contribution in [0.5, 0.6) is 0 Å². The summed E-state index contributed by atoms with van der Waals surface area (Å²) in [6.45, 7) is 3.46. The van der Waals surface area contributed by atoms with Crippen LogP contribution in [0.4, 0.5) is 0 Å². The molecule has 11 heteroatoms. The van der Waals surface area contributed by atoms with E-state index >= 15 is 0 Å². The Bertz CT molecular complexity index is 1250. The Labute approximate surface area is 230 Å². The van der Waals surface area contributed by atoms with Crippen molar-refractivity contribution in [1.82, 2.24) is 14.9 Å². The number of benzene rings is 2. The van der Waals surface area contributed by atoms with Gasteiger partial charge in [0.25, 0.3) is 5.91 Å². The molecule has 1 amide bonds. The lowest BCUT2D eigenvalue weighted by molar-refractivity contribution is -0.252. The molecule has 2 aromatic carbocycles. The number of nitrogens with one attached hydrogen (secondary N) is 1. The van der Waals surface area contributed by atoms with Crippen LogP contribution in [0.3, 0.4) is 0 Å². The predicted octanol–water partition coefficient (Wildman–Crippen LogP) is 4.50. The number of nitrogens with zero attached hydrogens (tertiary/aromatic N) is 2. The molecule has 2 heterocycles. The fraction of sp³-hybridized carbons (Fsp3) is 0.370. The van der Waals surface area contributed by atoms with Crippen LogP contribution in [-0.2, 0) is 43.5 Å². The van der Waals surface area contributed by atoms with Crippen molar-refractivity contribution in [3.05, 3.63) is 87.4 Å². The Morgan fingerprint density at radius 1 is 1.11 bits per heavy atom. The normalized spacial score (nSPS) is 20.1. The second-order valence-electron chi connectivity index (χ2n) is 9.04. The molecule has 0 radical (unpaired) electrons. The van der Waals surface area contributed by atoms with Crippen LogP contribution in [0.1, 0.15) is 54.9 Å². The van der Waals surface area contributed by atoms with Crippen molar-refractivity contribution < 1.29 is 28.9 Å². The van der Waals surface area contributed by atoms with Gasteiger partial charge in [0.1, 0.15) is 5.15 Å². The fourth-order valence-corrected chi connectivity index (χ4v) is 4.46. The molecular formula is C27H29Cl2N3O6. The molecule has 2 N–H and O–H groups in total. The quantitative estimate of drug-likeness (QED) is 0.370. The molecule has 0 saturated carbocycles. The predicted molar refractivity (Wildman–Crippen MR) is 140 cm³/mol. The Morgan fingerprint density at radius 3 is 2.37 bits per heavy atom. The topological polar surface area (TPSA) is 112 Å². The number of aliphatic hydroxyl groups is 1. The maximum absolute atomic E-state index is 12.1. The molecule has 0 aliphatic carbocycles. The summed E-state index contributed by atoms with van der Waals surface area (Å²) in [5, 5.41) is 12.7. The van der Waals surface area contributed by atoms with Crippen molar-refractivity contribution in [3.8, 4) is 0 Å². The molecule has 9 nitrogen and oxygen atoms in total. The Hall–Kier alpha value is -2.95. The Balaban J connectivity index is 1.47. The van der Waals surface area contributed by atoms with E-state index in [2.05, 4.69) is 10.3 Å². The lowest BCUT2D eigenvalue weighted by atomic mass is 10.00. The summed E-state index contributed by atoms with van der Waals surface area (Å²) in [5.74, 6) is -0.886. The number of esters is 1. The molecule has 0 spiro atoms. The van der Waals surface area contributed by atoms with E-state index in [9.17, 15) is 14.7 Å². The number of carbonyl (C=O) groups excluding carboxylic acids is 2. The van der Waals surface area contributed by atoms with E-state index in [-0.39, 0.29) is 36.4 Å². The smallest absolute Gasteiger partial charge is 0.303 e. The minimum atomic E-state index is -0.866. The highest BCUT2D eigenvalue weighted by atomic mass is 35.5. The van der Waals surface area contributed by atoms with Gasteiger partial charge in [0.2, 0.25) is 0 Å². The first-order chi connectivity index (χ1) is 18.2. The van der Waals surface area contributed by atoms with Crippen molar-refractivity contribution in [2.45, 2.75) is 64.6 Å². The number of imidazole rings is 1. The number of amides is 1. The van der Waals surface area contributed by atoms with Crippen LogP contribution in [0.2, 0.25) is 10.3 Å². The number of hydrogen-bond acceptors (Lipinski definition) is 7. The van der Waals surface area contributed by atoms with Gasteiger partial charge in [-0.1, -0.05) is 71.7 Å². The summed E-state index contributed by atoms with van der Waals surface area (Å²) >= 11 is 12.3. The van der Waals surface area contributed by atoms with Gasteiger partial charge >= 0.3 is 5.97 Å². The summed E-state index contributed by atoms with van der Waals surface area (Å²) < 4.78 is 19.3. The van der Waals surface area contributed by atoms with Gasteiger partial charge in [-0.25, -0.2) is 4.98 Å². The number of halogens is 2. The van der Waals surface area contributed by atoms with Gasteiger partial charge in [0.05, 0.1) is 31.7 Å². The molecule has 202 valence electrons. The lowest BCUT2D eigenvalue weighted by Gasteiger charge is -2.36. The van der Waals surface area contributed by atoms with Crippen molar-refractivity contribution in [1.29, 1.82) is 0 Å². The van der Waals surface area contributed by atoms with Gasteiger partial charge < -0.3 is 29.2 Å². The number of ether oxygens (including phenoxy) is 3. The molecule has 0 unspecified atom stereocenters. The molecule has 1 aliphatic rings. The zero-order valence-corrected chi connectivity index (χ0v) is 22.5. The highest BCUT2D eigenvalue weighted by molar-refractivity contribution is 6.40. The molecular weight excluding hydrogens is 533 g/mol. The minimum Gasteiger partial charge on any atom is -0.453 e. The minimum absolute atomic E-state index is 0.0322. The van der Waals surface area contributed by atoms with Gasteiger partial charge in [-0.2, -0.15) is 0 Å². The molecule has 3 aromatic rings. The Morgan fingerprint density at radius 2 is 1.76 bits per heavy atom. The monoisotopic (exact) mass is 561 g/mol. The van der Waals surface area contributed by atoms with Crippen molar-refractivity contribution in [2.75, 3.05) is 0 Å². The summed E-state index contributed by atoms with van der Waals surface area (Å²) in [6, 6.07) is 15.2. The van der Waals surface area contributed by atoms with Crippen LogP contribution in [0.25, 0.3) is 0 Å². The average molecular weight is 562 g/mol. The van der Waals surface area contributed by atoms with E-state index in [1.165, 1.54) is 13.8 Å². The van der Waals surface area contributed by atoms with Gasteiger partial charge in [-0.05, 0) is 23.6 Å². The fourth-order valence-electron chi connectivity index (χ4n) is 4.15. The third-order valence-electron chi connectivity index (χ3n) is 6.18. The zero-order chi connectivity index (χ0) is 27.2. The van der Waals surface area contributed by atoms with Crippen LogP contribution in [0.15, 0.2) is 54.9 Å². The van der Waals surface area contributed by atoms with Crippen LogP contribution in [-0.4, -0.2) is 38.7 Å². The summed E-state index contributed by atoms with van der Waals surface area (Å²) in [7, 11) is 0. The van der Waals surface area contributed by atoms with E-state index in [1.807, 2.05) is 48.5 Å². The number of aliphatic hydroxyl groups excluding tert-OH is 1. The SMILES string of the molecule is CC(=O)O[C@@H](C)C(=O)NCc1ccc([C@@H]2O[C@H](Cn3cnc(Cl)c3Cl)C[C@H](c3ccc(CO)cc3)O2)cc1. The first-order valence-corrected chi connectivity index (χ1v) is 12.9.